The first-order valence-corrected chi connectivity index (χ1v) is 8.75. The summed E-state index contributed by atoms with van der Waals surface area (Å²) >= 11 is 0. The van der Waals surface area contributed by atoms with E-state index >= 15 is 0 Å². The monoisotopic (exact) mass is 367 g/mol. The summed E-state index contributed by atoms with van der Waals surface area (Å²) in [6.45, 7) is 2.35. The van der Waals surface area contributed by atoms with Crippen LogP contribution in [-0.4, -0.2) is 35.5 Å². The molecule has 3 rings (SSSR count). The number of anilines is 1. The lowest BCUT2D eigenvalue weighted by atomic mass is 10.1. The van der Waals surface area contributed by atoms with Crippen molar-refractivity contribution < 1.29 is 19.5 Å². The number of nitrogens with one attached hydrogen (secondary N) is 3. The highest BCUT2D eigenvalue weighted by Crippen LogP contribution is 2.31. The second-order valence-electron chi connectivity index (χ2n) is 6.31. The van der Waals surface area contributed by atoms with Gasteiger partial charge in [0, 0.05) is 24.2 Å². The molecule has 0 bridgehead atoms. The van der Waals surface area contributed by atoms with E-state index in [9.17, 15) is 19.5 Å². The Bertz CT molecular complexity index is 864. The number of carbonyl (C=O) groups excluding carboxylic acids is 3. The highest BCUT2D eigenvalue weighted by atomic mass is 16.3. The second-order valence-corrected chi connectivity index (χ2v) is 6.31. The van der Waals surface area contributed by atoms with Crippen molar-refractivity contribution in [1.82, 2.24) is 10.6 Å². The minimum Gasteiger partial charge on any atom is -0.390 e. The lowest BCUT2D eigenvalue weighted by Crippen LogP contribution is -2.40. The number of hydrogen-bond donors (Lipinski definition) is 4. The fourth-order valence-electron chi connectivity index (χ4n) is 3.11. The maximum atomic E-state index is 12.2. The third kappa shape index (κ3) is 4.15. The Morgan fingerprint density at radius 2 is 1.74 bits per heavy atom. The average Bonchev–Trinajstić information content (AvgIpc) is 2.98. The van der Waals surface area contributed by atoms with Gasteiger partial charge in [0.15, 0.2) is 0 Å². The van der Waals surface area contributed by atoms with Crippen molar-refractivity contribution in [2.45, 2.75) is 25.5 Å². The molecule has 0 aliphatic heterocycles. The predicted octanol–water partition coefficient (Wildman–Crippen LogP) is 1.15. The lowest BCUT2D eigenvalue weighted by Gasteiger charge is -2.17. The van der Waals surface area contributed by atoms with Gasteiger partial charge in [0.2, 0.25) is 0 Å². The Balaban J connectivity index is 1.61. The van der Waals surface area contributed by atoms with Gasteiger partial charge in [-0.25, -0.2) is 0 Å². The summed E-state index contributed by atoms with van der Waals surface area (Å²) in [4.78, 5) is 36.1. The molecule has 27 heavy (non-hydrogen) atoms. The van der Waals surface area contributed by atoms with Crippen LogP contribution in [0.4, 0.5) is 5.69 Å². The maximum Gasteiger partial charge on any atom is 0.313 e. The zero-order valence-corrected chi connectivity index (χ0v) is 14.9. The van der Waals surface area contributed by atoms with Crippen molar-refractivity contribution in [1.29, 1.82) is 0 Å². The number of aliphatic hydroxyl groups is 1. The van der Waals surface area contributed by atoms with Gasteiger partial charge in [-0.05, 0) is 42.3 Å². The van der Waals surface area contributed by atoms with Crippen LogP contribution >= 0.6 is 0 Å². The Labute approximate surface area is 156 Å². The number of carbonyl (C=O) groups is 3. The Morgan fingerprint density at radius 1 is 1.04 bits per heavy atom. The van der Waals surface area contributed by atoms with Crippen molar-refractivity contribution >= 4 is 23.4 Å². The molecule has 2 aromatic carbocycles. The summed E-state index contributed by atoms with van der Waals surface area (Å²) in [5.74, 6) is -1.87. The fraction of sp³-hybridized carbons (Fsp3) is 0.250. The van der Waals surface area contributed by atoms with Gasteiger partial charge in [0.1, 0.15) is 0 Å². The van der Waals surface area contributed by atoms with Gasteiger partial charge < -0.3 is 21.1 Å². The zero-order valence-electron chi connectivity index (χ0n) is 14.9. The standard InChI is InChI=1S/C20H21N3O4/c1-2-21-18(25)12-7-9-14(10-8-12)22-19(26)20(27)23-17-15-6-4-3-5-13(15)11-16(17)24/h3-10,16-17,24H,2,11H2,1H3,(H,21,25)(H,22,26)(H,23,27)/t16-,17+/m1/s1. The number of benzene rings is 2. The molecular formula is C20H21N3O4. The van der Waals surface area contributed by atoms with E-state index in [1.54, 1.807) is 24.3 Å². The second kappa shape index (κ2) is 8.01. The first kappa shape index (κ1) is 18.6. The van der Waals surface area contributed by atoms with Crippen LogP contribution in [0.3, 0.4) is 0 Å². The van der Waals surface area contributed by atoms with Crippen molar-refractivity contribution in [3.63, 3.8) is 0 Å². The smallest absolute Gasteiger partial charge is 0.313 e. The minimum atomic E-state index is -0.836. The molecule has 0 saturated carbocycles. The van der Waals surface area contributed by atoms with Crippen LogP contribution in [-0.2, 0) is 16.0 Å². The minimum absolute atomic E-state index is 0.206. The van der Waals surface area contributed by atoms with Gasteiger partial charge in [-0.1, -0.05) is 24.3 Å². The number of hydrogen-bond acceptors (Lipinski definition) is 4. The molecule has 0 radical (unpaired) electrons. The summed E-state index contributed by atoms with van der Waals surface area (Å²) in [5.41, 5.74) is 2.63. The number of aliphatic hydroxyl groups excluding tert-OH is 1. The number of amides is 3. The average molecular weight is 367 g/mol. The molecule has 2 atom stereocenters. The molecule has 1 aliphatic rings. The summed E-state index contributed by atoms with van der Waals surface area (Å²) in [5, 5.41) is 17.9. The van der Waals surface area contributed by atoms with Crippen LogP contribution in [0.25, 0.3) is 0 Å². The van der Waals surface area contributed by atoms with Crippen LogP contribution in [0.2, 0.25) is 0 Å². The third-order valence-corrected chi connectivity index (χ3v) is 4.44. The van der Waals surface area contributed by atoms with Crippen molar-refractivity contribution in [3.05, 3.63) is 65.2 Å². The van der Waals surface area contributed by atoms with Crippen LogP contribution in [0.1, 0.15) is 34.5 Å². The molecule has 0 saturated heterocycles. The van der Waals surface area contributed by atoms with Crippen molar-refractivity contribution in [2.75, 3.05) is 11.9 Å². The van der Waals surface area contributed by atoms with Gasteiger partial charge in [-0.3, -0.25) is 14.4 Å². The molecule has 0 aromatic heterocycles. The summed E-state index contributed by atoms with van der Waals surface area (Å²) in [6.07, 6.45) is -0.333. The van der Waals surface area contributed by atoms with Crippen LogP contribution < -0.4 is 16.0 Å². The van der Waals surface area contributed by atoms with E-state index < -0.39 is 24.0 Å². The third-order valence-electron chi connectivity index (χ3n) is 4.44. The van der Waals surface area contributed by atoms with E-state index in [0.717, 1.165) is 11.1 Å². The number of rotatable bonds is 4. The summed E-state index contributed by atoms with van der Waals surface area (Å²) < 4.78 is 0. The normalized spacial score (nSPS) is 17.7. The summed E-state index contributed by atoms with van der Waals surface area (Å²) in [6, 6.07) is 13.0. The van der Waals surface area contributed by atoms with E-state index in [4.69, 9.17) is 0 Å². The van der Waals surface area contributed by atoms with E-state index in [0.29, 0.717) is 24.2 Å². The molecular weight excluding hydrogens is 346 g/mol. The fourth-order valence-corrected chi connectivity index (χ4v) is 3.11. The lowest BCUT2D eigenvalue weighted by molar-refractivity contribution is -0.137. The molecule has 3 amide bonds. The molecule has 0 unspecified atom stereocenters. The first-order chi connectivity index (χ1) is 13.0. The molecule has 2 aromatic rings. The SMILES string of the molecule is CCNC(=O)c1ccc(NC(=O)C(=O)N[C@H]2c3ccccc3C[C@H]2O)cc1. The van der Waals surface area contributed by atoms with E-state index in [1.165, 1.54) is 0 Å². The first-order valence-electron chi connectivity index (χ1n) is 8.75. The summed E-state index contributed by atoms with van der Waals surface area (Å²) in [7, 11) is 0. The maximum absolute atomic E-state index is 12.2. The van der Waals surface area contributed by atoms with Crippen LogP contribution in [0, 0.1) is 0 Å². The molecule has 7 nitrogen and oxygen atoms in total. The quantitative estimate of drug-likeness (QED) is 0.608. The molecule has 140 valence electrons. The molecule has 1 aliphatic carbocycles. The van der Waals surface area contributed by atoms with Gasteiger partial charge >= 0.3 is 11.8 Å². The van der Waals surface area contributed by atoms with Gasteiger partial charge in [-0.2, -0.15) is 0 Å². The van der Waals surface area contributed by atoms with E-state index in [2.05, 4.69) is 16.0 Å². The zero-order chi connectivity index (χ0) is 19.4. The Hall–Kier alpha value is -3.19. The molecule has 7 heteroatoms. The van der Waals surface area contributed by atoms with Gasteiger partial charge in [0.05, 0.1) is 12.1 Å². The molecule has 4 N–H and O–H groups in total. The van der Waals surface area contributed by atoms with E-state index in [-0.39, 0.29) is 5.91 Å². The molecule has 0 spiro atoms. The van der Waals surface area contributed by atoms with Gasteiger partial charge in [0.25, 0.3) is 5.91 Å². The van der Waals surface area contributed by atoms with E-state index in [1.807, 2.05) is 31.2 Å². The Morgan fingerprint density at radius 3 is 2.44 bits per heavy atom. The van der Waals surface area contributed by atoms with Crippen LogP contribution in [0.5, 0.6) is 0 Å². The van der Waals surface area contributed by atoms with Gasteiger partial charge in [-0.15, -0.1) is 0 Å². The largest absolute Gasteiger partial charge is 0.390 e. The van der Waals surface area contributed by atoms with Crippen molar-refractivity contribution in [3.8, 4) is 0 Å². The highest BCUT2D eigenvalue weighted by molar-refractivity contribution is 6.39. The topological polar surface area (TPSA) is 108 Å². The highest BCUT2D eigenvalue weighted by Gasteiger charge is 2.33. The Kier molecular flexibility index (Phi) is 5.52. The molecule has 0 heterocycles. The van der Waals surface area contributed by atoms with Crippen molar-refractivity contribution in [2.24, 2.45) is 0 Å². The molecule has 0 fully saturated rings. The number of fused-ring (bicyclic) bond motifs is 1. The van der Waals surface area contributed by atoms with Crippen LogP contribution in [0.15, 0.2) is 48.5 Å². The predicted molar refractivity (Wildman–Crippen MR) is 100 cm³/mol.